The number of nitrogen functional groups attached to an aromatic ring is 1. The van der Waals surface area contributed by atoms with E-state index in [0.717, 1.165) is 16.9 Å². The van der Waals surface area contributed by atoms with Gasteiger partial charge < -0.3 is 15.2 Å². The summed E-state index contributed by atoms with van der Waals surface area (Å²) in [5.74, 6) is 1.02. The first-order valence-corrected chi connectivity index (χ1v) is 5.19. The number of benzene rings is 2. The number of halogens is 1. The lowest BCUT2D eigenvalue weighted by Crippen LogP contribution is -1.93. The summed E-state index contributed by atoms with van der Waals surface area (Å²) in [6.07, 6.45) is 0. The minimum atomic E-state index is -0.408. The van der Waals surface area contributed by atoms with E-state index >= 15 is 0 Å². The highest BCUT2D eigenvalue weighted by Crippen LogP contribution is 2.36. The molecule has 3 rings (SSSR count). The predicted octanol–water partition coefficient (Wildman–Crippen LogP) is 2.80. The Bertz CT molecular complexity index is 584. The van der Waals surface area contributed by atoms with Gasteiger partial charge in [-0.15, -0.1) is 0 Å². The molecule has 0 fully saturated rings. The van der Waals surface area contributed by atoms with Crippen molar-refractivity contribution in [1.29, 1.82) is 0 Å². The molecule has 0 amide bonds. The van der Waals surface area contributed by atoms with Crippen molar-refractivity contribution in [2.45, 2.75) is 0 Å². The van der Waals surface area contributed by atoms with Gasteiger partial charge in [0, 0.05) is 0 Å². The molecule has 0 unspecified atom stereocenters. The number of anilines is 1. The minimum Gasteiger partial charge on any atom is -0.454 e. The fourth-order valence-corrected chi connectivity index (χ4v) is 1.80. The fraction of sp³-hybridized carbons (Fsp3) is 0.0769. The van der Waals surface area contributed by atoms with E-state index in [0.29, 0.717) is 5.75 Å². The van der Waals surface area contributed by atoms with Crippen LogP contribution in [0.5, 0.6) is 11.5 Å². The summed E-state index contributed by atoms with van der Waals surface area (Å²) >= 11 is 0. The van der Waals surface area contributed by atoms with Gasteiger partial charge in [0.15, 0.2) is 11.5 Å². The Labute approximate surface area is 97.6 Å². The van der Waals surface area contributed by atoms with Crippen LogP contribution in [0.3, 0.4) is 0 Å². The number of hydrogen-bond acceptors (Lipinski definition) is 3. The second-order valence-corrected chi connectivity index (χ2v) is 3.80. The van der Waals surface area contributed by atoms with Gasteiger partial charge in [0.1, 0.15) is 5.82 Å². The first-order valence-electron chi connectivity index (χ1n) is 5.19. The lowest BCUT2D eigenvalue weighted by atomic mass is 10.0. The molecule has 0 saturated heterocycles. The Kier molecular flexibility index (Phi) is 2.14. The number of rotatable bonds is 1. The second kappa shape index (κ2) is 3.66. The van der Waals surface area contributed by atoms with E-state index < -0.39 is 5.82 Å². The molecule has 0 atom stereocenters. The highest BCUT2D eigenvalue weighted by Gasteiger charge is 2.14. The summed E-state index contributed by atoms with van der Waals surface area (Å²) in [5.41, 5.74) is 7.45. The van der Waals surface area contributed by atoms with E-state index in [1.54, 1.807) is 12.1 Å². The van der Waals surface area contributed by atoms with Gasteiger partial charge >= 0.3 is 0 Å². The maximum absolute atomic E-state index is 13.1. The summed E-state index contributed by atoms with van der Waals surface area (Å²) in [4.78, 5) is 0. The molecule has 1 heterocycles. The first-order chi connectivity index (χ1) is 8.24. The van der Waals surface area contributed by atoms with Crippen LogP contribution in [0, 0.1) is 5.82 Å². The quantitative estimate of drug-likeness (QED) is 0.767. The van der Waals surface area contributed by atoms with E-state index in [1.807, 2.05) is 18.2 Å². The van der Waals surface area contributed by atoms with Crippen molar-refractivity contribution in [2.75, 3.05) is 12.5 Å². The first kappa shape index (κ1) is 9.96. The summed E-state index contributed by atoms with van der Waals surface area (Å²) in [6, 6.07) is 10.2. The van der Waals surface area contributed by atoms with Crippen LogP contribution in [0.4, 0.5) is 10.1 Å². The molecular formula is C13H10FNO2. The van der Waals surface area contributed by atoms with Gasteiger partial charge in [0.2, 0.25) is 6.79 Å². The van der Waals surface area contributed by atoms with Crippen molar-refractivity contribution in [3.05, 3.63) is 42.2 Å². The predicted molar refractivity (Wildman–Crippen MR) is 62.4 cm³/mol. The lowest BCUT2D eigenvalue weighted by molar-refractivity contribution is 0.174. The average molecular weight is 231 g/mol. The standard InChI is InChI=1S/C13H10FNO2/c14-10-3-1-8(5-11(10)15)9-2-4-12-13(6-9)17-7-16-12/h1-6H,7,15H2. The van der Waals surface area contributed by atoms with E-state index in [2.05, 4.69) is 0 Å². The minimum absolute atomic E-state index is 0.139. The molecule has 0 saturated carbocycles. The second-order valence-electron chi connectivity index (χ2n) is 3.80. The van der Waals surface area contributed by atoms with E-state index in [1.165, 1.54) is 6.07 Å². The SMILES string of the molecule is Nc1cc(-c2ccc3c(c2)OCO3)ccc1F. The van der Waals surface area contributed by atoms with Crippen LogP contribution in [-0.2, 0) is 0 Å². The Balaban J connectivity index is 2.06. The van der Waals surface area contributed by atoms with Crippen LogP contribution in [0.15, 0.2) is 36.4 Å². The molecule has 1 aliphatic rings. The molecule has 2 N–H and O–H groups in total. The molecule has 1 aliphatic heterocycles. The summed E-state index contributed by atoms with van der Waals surface area (Å²) < 4.78 is 23.6. The van der Waals surface area contributed by atoms with Crippen LogP contribution in [0.2, 0.25) is 0 Å². The molecule has 86 valence electrons. The number of ether oxygens (including phenoxy) is 2. The van der Waals surface area contributed by atoms with Crippen molar-refractivity contribution in [2.24, 2.45) is 0 Å². The summed E-state index contributed by atoms with van der Waals surface area (Å²) in [5, 5.41) is 0. The lowest BCUT2D eigenvalue weighted by Gasteiger charge is -2.05. The fourth-order valence-electron chi connectivity index (χ4n) is 1.80. The molecule has 0 aromatic heterocycles. The zero-order valence-corrected chi connectivity index (χ0v) is 8.94. The van der Waals surface area contributed by atoms with Gasteiger partial charge in [-0.3, -0.25) is 0 Å². The monoisotopic (exact) mass is 231 g/mol. The van der Waals surface area contributed by atoms with Crippen LogP contribution in [0.25, 0.3) is 11.1 Å². The molecule has 0 bridgehead atoms. The smallest absolute Gasteiger partial charge is 0.231 e. The van der Waals surface area contributed by atoms with Crippen LogP contribution in [-0.4, -0.2) is 6.79 Å². The Hall–Kier alpha value is -2.23. The highest BCUT2D eigenvalue weighted by atomic mass is 19.1. The topological polar surface area (TPSA) is 44.5 Å². The van der Waals surface area contributed by atoms with Crippen molar-refractivity contribution in [3.8, 4) is 22.6 Å². The normalized spacial score (nSPS) is 12.8. The summed E-state index contributed by atoms with van der Waals surface area (Å²) in [6.45, 7) is 0.240. The Morgan fingerprint density at radius 2 is 1.65 bits per heavy atom. The van der Waals surface area contributed by atoms with Gasteiger partial charge in [-0.05, 0) is 35.4 Å². The molecule has 2 aromatic carbocycles. The van der Waals surface area contributed by atoms with Crippen LogP contribution < -0.4 is 15.2 Å². The highest BCUT2D eigenvalue weighted by molar-refractivity contribution is 5.70. The molecular weight excluding hydrogens is 221 g/mol. The van der Waals surface area contributed by atoms with Gasteiger partial charge in [-0.25, -0.2) is 4.39 Å². The van der Waals surface area contributed by atoms with Crippen molar-refractivity contribution in [1.82, 2.24) is 0 Å². The maximum Gasteiger partial charge on any atom is 0.231 e. The Morgan fingerprint density at radius 3 is 2.47 bits per heavy atom. The number of hydrogen-bond donors (Lipinski definition) is 1. The van der Waals surface area contributed by atoms with Crippen molar-refractivity contribution < 1.29 is 13.9 Å². The molecule has 0 aliphatic carbocycles. The molecule has 0 spiro atoms. The van der Waals surface area contributed by atoms with Crippen molar-refractivity contribution >= 4 is 5.69 Å². The molecule has 4 heteroatoms. The summed E-state index contributed by atoms with van der Waals surface area (Å²) in [7, 11) is 0. The van der Waals surface area contributed by atoms with E-state index in [-0.39, 0.29) is 12.5 Å². The van der Waals surface area contributed by atoms with Gasteiger partial charge in [-0.2, -0.15) is 0 Å². The zero-order chi connectivity index (χ0) is 11.8. The third-order valence-electron chi connectivity index (χ3n) is 2.70. The maximum atomic E-state index is 13.1. The average Bonchev–Trinajstić information content (AvgIpc) is 2.79. The zero-order valence-electron chi connectivity index (χ0n) is 8.94. The number of nitrogens with two attached hydrogens (primary N) is 1. The van der Waals surface area contributed by atoms with E-state index in [9.17, 15) is 4.39 Å². The van der Waals surface area contributed by atoms with Gasteiger partial charge in [0.25, 0.3) is 0 Å². The molecule has 17 heavy (non-hydrogen) atoms. The van der Waals surface area contributed by atoms with E-state index in [4.69, 9.17) is 15.2 Å². The Morgan fingerprint density at radius 1 is 0.941 bits per heavy atom. The molecule has 3 nitrogen and oxygen atoms in total. The molecule has 0 radical (unpaired) electrons. The largest absolute Gasteiger partial charge is 0.454 e. The van der Waals surface area contributed by atoms with Crippen LogP contribution >= 0.6 is 0 Å². The van der Waals surface area contributed by atoms with Crippen LogP contribution in [0.1, 0.15) is 0 Å². The molecule has 2 aromatic rings. The van der Waals surface area contributed by atoms with Gasteiger partial charge in [0.05, 0.1) is 5.69 Å². The van der Waals surface area contributed by atoms with Gasteiger partial charge in [-0.1, -0.05) is 12.1 Å². The third-order valence-corrected chi connectivity index (χ3v) is 2.70. The number of fused-ring (bicyclic) bond motifs is 1. The van der Waals surface area contributed by atoms with Crippen molar-refractivity contribution in [3.63, 3.8) is 0 Å². The third kappa shape index (κ3) is 1.67.